The Morgan fingerprint density at radius 2 is 1.75 bits per heavy atom. The first-order chi connectivity index (χ1) is 7.50. The fraction of sp³-hybridized carbons (Fsp3) is 0.182. The fourth-order valence-electron chi connectivity index (χ4n) is 1.02. The summed E-state index contributed by atoms with van der Waals surface area (Å²) >= 11 is 0. The van der Waals surface area contributed by atoms with Crippen LogP contribution in [0.15, 0.2) is 46.0 Å². The molecule has 5 nitrogen and oxygen atoms in total. The van der Waals surface area contributed by atoms with Crippen LogP contribution in [0.5, 0.6) is 5.75 Å². The number of ketones is 1. The molecule has 0 aliphatic carbocycles. The molecule has 0 aliphatic rings. The van der Waals surface area contributed by atoms with E-state index in [0.29, 0.717) is 5.69 Å². The van der Waals surface area contributed by atoms with Gasteiger partial charge in [0.25, 0.3) is 0 Å². The summed E-state index contributed by atoms with van der Waals surface area (Å²) in [6.45, 7) is 2.66. The molecule has 0 heterocycles. The summed E-state index contributed by atoms with van der Waals surface area (Å²) in [5.41, 5.74) is 0.408. The Bertz CT molecular complexity index is 443. The van der Waals surface area contributed by atoms with Crippen molar-refractivity contribution in [2.75, 3.05) is 0 Å². The normalized spacial score (nSPS) is 12.6. The number of phenols is 1. The van der Waals surface area contributed by atoms with Crippen molar-refractivity contribution in [3.63, 3.8) is 0 Å². The van der Waals surface area contributed by atoms with Crippen LogP contribution in [0, 0.1) is 0 Å². The first-order valence-corrected chi connectivity index (χ1v) is 4.62. The van der Waals surface area contributed by atoms with E-state index < -0.39 is 0 Å². The molecular formula is C11H12N2O3. The van der Waals surface area contributed by atoms with E-state index in [-0.39, 0.29) is 23.0 Å². The van der Waals surface area contributed by atoms with E-state index in [9.17, 15) is 4.79 Å². The van der Waals surface area contributed by atoms with Crippen LogP contribution in [0.3, 0.4) is 0 Å². The molecule has 0 atom stereocenters. The number of benzene rings is 1. The molecule has 84 valence electrons. The lowest BCUT2D eigenvalue weighted by Crippen LogP contribution is -1.96. The highest BCUT2D eigenvalue weighted by molar-refractivity contribution is 5.93. The van der Waals surface area contributed by atoms with Crippen molar-refractivity contribution in [2.45, 2.75) is 13.8 Å². The van der Waals surface area contributed by atoms with Gasteiger partial charge in [-0.05, 0) is 31.2 Å². The Morgan fingerprint density at radius 3 is 2.19 bits per heavy atom. The highest BCUT2D eigenvalue weighted by Gasteiger charge is 2.06. The molecule has 0 radical (unpaired) electrons. The van der Waals surface area contributed by atoms with E-state index in [4.69, 9.17) is 10.2 Å². The van der Waals surface area contributed by atoms with Crippen LogP contribution < -0.4 is 0 Å². The smallest absolute Gasteiger partial charge is 0.183 e. The molecule has 5 heteroatoms. The summed E-state index contributed by atoms with van der Waals surface area (Å²) in [4.78, 5) is 11.0. The minimum atomic E-state index is -0.359. The monoisotopic (exact) mass is 220 g/mol. The number of carbonyl (C=O) groups excluding carboxylic acids is 1. The number of aliphatic hydroxyl groups excluding tert-OH is 1. The molecule has 0 amide bonds. The van der Waals surface area contributed by atoms with Crippen molar-refractivity contribution in [3.05, 3.63) is 35.7 Å². The number of azo groups is 1. The Morgan fingerprint density at radius 1 is 1.19 bits per heavy atom. The highest BCUT2D eigenvalue weighted by Crippen LogP contribution is 2.18. The van der Waals surface area contributed by atoms with Crippen LogP contribution in [-0.4, -0.2) is 16.0 Å². The van der Waals surface area contributed by atoms with Gasteiger partial charge in [0, 0.05) is 6.92 Å². The average molecular weight is 220 g/mol. The first kappa shape index (κ1) is 11.9. The van der Waals surface area contributed by atoms with Crippen molar-refractivity contribution in [3.8, 4) is 5.75 Å². The van der Waals surface area contributed by atoms with Gasteiger partial charge in [-0.3, -0.25) is 4.79 Å². The Hall–Kier alpha value is -2.17. The lowest BCUT2D eigenvalue weighted by Gasteiger charge is -1.97. The van der Waals surface area contributed by atoms with Gasteiger partial charge in [-0.15, -0.1) is 5.11 Å². The SMILES string of the molecule is CC(=O)/C(N=Nc1ccc(O)cc1)=C(\C)O. The molecule has 0 saturated carbocycles. The molecule has 0 aliphatic heterocycles. The van der Waals surface area contributed by atoms with Crippen LogP contribution in [0.1, 0.15) is 13.8 Å². The molecule has 0 bridgehead atoms. The Labute approximate surface area is 92.8 Å². The summed E-state index contributed by atoms with van der Waals surface area (Å²) in [7, 11) is 0. The van der Waals surface area contributed by atoms with Gasteiger partial charge in [-0.25, -0.2) is 0 Å². The Kier molecular flexibility index (Phi) is 3.77. The maximum absolute atomic E-state index is 11.0. The highest BCUT2D eigenvalue weighted by atomic mass is 16.3. The van der Waals surface area contributed by atoms with E-state index in [1.807, 2.05) is 0 Å². The number of hydrogen-bond donors (Lipinski definition) is 2. The predicted molar refractivity (Wildman–Crippen MR) is 58.6 cm³/mol. The summed E-state index contributed by atoms with van der Waals surface area (Å²) in [5.74, 6) is -0.405. The average Bonchev–Trinajstić information content (AvgIpc) is 2.20. The van der Waals surface area contributed by atoms with Crippen LogP contribution in [0.25, 0.3) is 0 Å². The largest absolute Gasteiger partial charge is 0.510 e. The molecule has 0 unspecified atom stereocenters. The van der Waals surface area contributed by atoms with Gasteiger partial charge in [0.15, 0.2) is 11.5 Å². The number of allylic oxidation sites excluding steroid dienone is 2. The molecule has 1 aromatic carbocycles. The van der Waals surface area contributed by atoms with Gasteiger partial charge >= 0.3 is 0 Å². The van der Waals surface area contributed by atoms with Crippen molar-refractivity contribution >= 4 is 11.5 Å². The number of nitrogens with zero attached hydrogens (tertiary/aromatic N) is 2. The molecule has 0 fully saturated rings. The zero-order valence-electron chi connectivity index (χ0n) is 9.01. The number of aromatic hydroxyl groups is 1. The summed E-state index contributed by atoms with van der Waals surface area (Å²) in [6, 6.07) is 6.00. The summed E-state index contributed by atoms with van der Waals surface area (Å²) in [6.07, 6.45) is 0. The van der Waals surface area contributed by atoms with Gasteiger partial charge < -0.3 is 10.2 Å². The van der Waals surface area contributed by atoms with Crippen LogP contribution in [-0.2, 0) is 4.79 Å². The number of aliphatic hydroxyl groups is 1. The van der Waals surface area contributed by atoms with E-state index in [0.717, 1.165) is 0 Å². The molecule has 16 heavy (non-hydrogen) atoms. The van der Waals surface area contributed by atoms with Crippen LogP contribution in [0.4, 0.5) is 5.69 Å². The lowest BCUT2D eigenvalue weighted by atomic mass is 10.3. The zero-order valence-corrected chi connectivity index (χ0v) is 9.01. The topological polar surface area (TPSA) is 82.2 Å². The van der Waals surface area contributed by atoms with E-state index in [1.54, 1.807) is 12.1 Å². The van der Waals surface area contributed by atoms with Crippen molar-refractivity contribution < 1.29 is 15.0 Å². The van der Waals surface area contributed by atoms with Crippen molar-refractivity contribution in [1.82, 2.24) is 0 Å². The standard InChI is InChI=1S/C11H12N2O3/c1-7(14)11(8(2)15)13-12-9-3-5-10(16)6-4-9/h3-6,14,16H,1-2H3/b11-7-,13-12?. The fourth-order valence-corrected chi connectivity index (χ4v) is 1.02. The van der Waals surface area contributed by atoms with Gasteiger partial charge in [-0.1, -0.05) is 0 Å². The number of rotatable bonds is 3. The van der Waals surface area contributed by atoms with Gasteiger partial charge in [0.2, 0.25) is 0 Å². The van der Waals surface area contributed by atoms with E-state index in [1.165, 1.54) is 26.0 Å². The number of hydrogen-bond acceptors (Lipinski definition) is 5. The number of carbonyl (C=O) groups is 1. The van der Waals surface area contributed by atoms with E-state index >= 15 is 0 Å². The third-order valence-corrected chi connectivity index (χ3v) is 1.79. The second kappa shape index (κ2) is 5.06. The predicted octanol–water partition coefficient (Wildman–Crippen LogP) is 2.85. The molecule has 0 aromatic heterocycles. The van der Waals surface area contributed by atoms with Crippen LogP contribution >= 0.6 is 0 Å². The van der Waals surface area contributed by atoms with Crippen molar-refractivity contribution in [1.29, 1.82) is 0 Å². The minimum Gasteiger partial charge on any atom is -0.510 e. The summed E-state index contributed by atoms with van der Waals surface area (Å²) in [5, 5.41) is 25.6. The molecule has 2 N–H and O–H groups in total. The quantitative estimate of drug-likeness (QED) is 0.466. The minimum absolute atomic E-state index is 0.0759. The van der Waals surface area contributed by atoms with E-state index in [2.05, 4.69) is 10.2 Å². The van der Waals surface area contributed by atoms with Gasteiger partial charge in [0.1, 0.15) is 11.5 Å². The molecule has 1 aromatic rings. The number of Topliss-reactive ketones (excluding diaryl/α,β-unsaturated/α-hetero) is 1. The molecule has 0 saturated heterocycles. The number of phenolic OH excluding ortho intramolecular Hbond substituents is 1. The third kappa shape index (κ3) is 3.20. The van der Waals surface area contributed by atoms with Crippen molar-refractivity contribution in [2.24, 2.45) is 10.2 Å². The third-order valence-electron chi connectivity index (χ3n) is 1.79. The molecule has 0 spiro atoms. The maximum Gasteiger partial charge on any atom is 0.183 e. The van der Waals surface area contributed by atoms with Crippen LogP contribution in [0.2, 0.25) is 0 Å². The Balaban J connectivity index is 2.92. The molecular weight excluding hydrogens is 208 g/mol. The maximum atomic E-state index is 11.0. The van der Waals surface area contributed by atoms with Gasteiger partial charge in [-0.2, -0.15) is 5.11 Å². The second-order valence-electron chi connectivity index (χ2n) is 3.21. The lowest BCUT2D eigenvalue weighted by molar-refractivity contribution is -0.113. The van der Waals surface area contributed by atoms with Gasteiger partial charge in [0.05, 0.1) is 5.69 Å². The first-order valence-electron chi connectivity index (χ1n) is 4.62. The second-order valence-corrected chi connectivity index (χ2v) is 3.21. The zero-order chi connectivity index (χ0) is 12.1. The summed E-state index contributed by atoms with van der Waals surface area (Å²) < 4.78 is 0. The molecule has 1 rings (SSSR count).